The number of rotatable bonds is 1. The van der Waals surface area contributed by atoms with Crippen LogP contribution < -0.4 is 0 Å². The van der Waals surface area contributed by atoms with E-state index in [0.29, 0.717) is 0 Å². The Kier molecular flexibility index (Phi) is 2.77. The second-order valence-corrected chi connectivity index (χ2v) is 6.03. The Morgan fingerprint density at radius 2 is 1.55 bits per heavy atom. The van der Waals surface area contributed by atoms with Gasteiger partial charge >= 0.3 is 0 Å². The Morgan fingerprint density at radius 1 is 0.750 bits per heavy atom. The van der Waals surface area contributed by atoms with Crippen LogP contribution in [0.2, 0.25) is 0 Å². The highest BCUT2D eigenvalue weighted by Crippen LogP contribution is 2.36. The van der Waals surface area contributed by atoms with Crippen molar-refractivity contribution in [1.29, 1.82) is 0 Å². The fourth-order valence-electron chi connectivity index (χ4n) is 2.67. The lowest BCUT2D eigenvalue weighted by molar-refractivity contribution is 0.669. The predicted octanol–water partition coefficient (Wildman–Crippen LogP) is 5.86. The highest BCUT2D eigenvalue weighted by molar-refractivity contribution is 14.1. The van der Waals surface area contributed by atoms with Crippen LogP contribution in [0.15, 0.2) is 71.1 Å². The van der Waals surface area contributed by atoms with Crippen LogP contribution in [0.3, 0.4) is 0 Å². The molecule has 4 aromatic rings. The first-order valence-corrected chi connectivity index (χ1v) is 7.57. The van der Waals surface area contributed by atoms with Gasteiger partial charge in [0.2, 0.25) is 0 Å². The van der Waals surface area contributed by atoms with Gasteiger partial charge in [-0.2, -0.15) is 0 Å². The van der Waals surface area contributed by atoms with Gasteiger partial charge in [-0.15, -0.1) is 0 Å². The summed E-state index contributed by atoms with van der Waals surface area (Å²) in [7, 11) is 0. The number of hydrogen-bond donors (Lipinski definition) is 0. The van der Waals surface area contributed by atoms with Crippen molar-refractivity contribution in [2.75, 3.05) is 0 Å². The lowest BCUT2D eigenvalue weighted by Gasteiger charge is -2.04. The molecule has 2 heteroatoms. The van der Waals surface area contributed by atoms with Crippen LogP contribution in [0.4, 0.5) is 0 Å². The van der Waals surface area contributed by atoms with Gasteiger partial charge in [0.05, 0.1) is 0 Å². The Balaban J connectivity index is 2.14. The second-order valence-electron chi connectivity index (χ2n) is 4.79. The molecule has 1 aromatic heterocycles. The monoisotopic (exact) mass is 370 g/mol. The predicted molar refractivity (Wildman–Crippen MR) is 91.9 cm³/mol. The van der Waals surface area contributed by atoms with Gasteiger partial charge in [-0.05, 0) is 58.0 Å². The molecule has 20 heavy (non-hydrogen) atoms. The highest BCUT2D eigenvalue weighted by atomic mass is 127. The van der Waals surface area contributed by atoms with Crippen molar-refractivity contribution in [3.05, 3.63) is 70.3 Å². The summed E-state index contributed by atoms with van der Waals surface area (Å²) in [4.78, 5) is 0. The fraction of sp³-hybridized carbons (Fsp3) is 0. The number of fused-ring (bicyclic) bond motifs is 3. The smallest absolute Gasteiger partial charge is 0.136 e. The molecule has 1 nitrogen and oxygen atoms in total. The lowest BCUT2D eigenvalue weighted by atomic mass is 10.00. The minimum absolute atomic E-state index is 0.945. The van der Waals surface area contributed by atoms with Gasteiger partial charge in [-0.1, -0.05) is 42.5 Å². The molecular formula is C18H11IO. The third-order valence-corrected chi connectivity index (χ3v) is 4.21. The average molecular weight is 370 g/mol. The van der Waals surface area contributed by atoms with E-state index in [9.17, 15) is 0 Å². The molecule has 0 unspecified atom stereocenters. The normalized spacial score (nSPS) is 11.2. The molecule has 0 aliphatic rings. The summed E-state index contributed by atoms with van der Waals surface area (Å²) in [6.07, 6.45) is 0. The summed E-state index contributed by atoms with van der Waals surface area (Å²) in [5.74, 6) is 0. The summed E-state index contributed by atoms with van der Waals surface area (Å²) >= 11 is 2.35. The zero-order chi connectivity index (χ0) is 13.5. The van der Waals surface area contributed by atoms with Crippen LogP contribution in [0.5, 0.6) is 0 Å². The zero-order valence-electron chi connectivity index (χ0n) is 10.6. The molecule has 0 fully saturated rings. The maximum Gasteiger partial charge on any atom is 0.136 e. The van der Waals surface area contributed by atoms with Crippen molar-refractivity contribution < 1.29 is 4.42 Å². The molecule has 96 valence electrons. The lowest BCUT2D eigenvalue weighted by Crippen LogP contribution is -1.80. The van der Waals surface area contributed by atoms with E-state index in [1.54, 1.807) is 0 Å². The van der Waals surface area contributed by atoms with E-state index in [2.05, 4.69) is 71.1 Å². The minimum Gasteiger partial charge on any atom is -0.456 e. The molecule has 0 radical (unpaired) electrons. The summed E-state index contributed by atoms with van der Waals surface area (Å²) in [6.45, 7) is 0. The maximum absolute atomic E-state index is 5.94. The largest absolute Gasteiger partial charge is 0.456 e. The molecule has 0 spiro atoms. The molecule has 3 aromatic carbocycles. The SMILES string of the molecule is Ic1cccc(-c2cccc3oc4ccccc4c23)c1. The van der Waals surface area contributed by atoms with Gasteiger partial charge in [0.1, 0.15) is 11.2 Å². The Morgan fingerprint density at radius 3 is 2.45 bits per heavy atom. The second kappa shape index (κ2) is 4.63. The standard InChI is InChI=1S/C18H11IO/c19-13-6-3-5-12(11-13)14-8-4-10-17-18(14)15-7-1-2-9-16(15)20-17/h1-11H. The van der Waals surface area contributed by atoms with E-state index in [4.69, 9.17) is 4.42 Å². The molecule has 0 atom stereocenters. The zero-order valence-corrected chi connectivity index (χ0v) is 12.8. The van der Waals surface area contributed by atoms with Crippen LogP contribution in [-0.4, -0.2) is 0 Å². The van der Waals surface area contributed by atoms with E-state index in [1.165, 1.54) is 25.5 Å². The Labute approximate surface area is 130 Å². The number of furan rings is 1. The van der Waals surface area contributed by atoms with Crippen LogP contribution >= 0.6 is 22.6 Å². The summed E-state index contributed by atoms with van der Waals surface area (Å²) in [6, 6.07) is 23.0. The molecule has 4 rings (SSSR count). The van der Waals surface area contributed by atoms with Crippen LogP contribution in [0.1, 0.15) is 0 Å². The van der Waals surface area contributed by atoms with Crippen LogP contribution in [0, 0.1) is 3.57 Å². The van der Waals surface area contributed by atoms with Gasteiger partial charge in [0.25, 0.3) is 0 Å². The molecule has 0 N–H and O–H groups in total. The number of para-hydroxylation sites is 1. The first kappa shape index (κ1) is 12.0. The molecule has 0 aliphatic carbocycles. The molecule has 0 bridgehead atoms. The first-order valence-electron chi connectivity index (χ1n) is 6.49. The van der Waals surface area contributed by atoms with Crippen molar-refractivity contribution in [2.24, 2.45) is 0 Å². The van der Waals surface area contributed by atoms with Crippen LogP contribution in [-0.2, 0) is 0 Å². The van der Waals surface area contributed by atoms with E-state index in [0.717, 1.165) is 11.2 Å². The van der Waals surface area contributed by atoms with Gasteiger partial charge < -0.3 is 4.42 Å². The van der Waals surface area contributed by atoms with E-state index in [-0.39, 0.29) is 0 Å². The number of benzene rings is 3. The summed E-state index contributed by atoms with van der Waals surface area (Å²) < 4.78 is 7.18. The molecule has 0 amide bonds. The third-order valence-electron chi connectivity index (χ3n) is 3.54. The van der Waals surface area contributed by atoms with Crippen molar-refractivity contribution in [3.63, 3.8) is 0 Å². The summed E-state index contributed by atoms with van der Waals surface area (Å²) in [5.41, 5.74) is 4.35. The first-order chi connectivity index (χ1) is 9.83. The number of hydrogen-bond acceptors (Lipinski definition) is 1. The minimum atomic E-state index is 0.945. The Bertz CT molecular complexity index is 921. The van der Waals surface area contributed by atoms with Crippen molar-refractivity contribution in [1.82, 2.24) is 0 Å². The topological polar surface area (TPSA) is 13.1 Å². The molecule has 1 heterocycles. The van der Waals surface area contributed by atoms with Crippen LogP contribution in [0.25, 0.3) is 33.1 Å². The van der Waals surface area contributed by atoms with Crippen molar-refractivity contribution in [2.45, 2.75) is 0 Å². The van der Waals surface area contributed by atoms with E-state index >= 15 is 0 Å². The third kappa shape index (κ3) is 1.83. The molecular weight excluding hydrogens is 359 g/mol. The quantitative estimate of drug-likeness (QED) is 0.383. The molecule has 0 saturated carbocycles. The molecule has 0 aliphatic heterocycles. The Hall–Kier alpha value is -1.81. The summed E-state index contributed by atoms with van der Waals surface area (Å²) in [5, 5.41) is 2.38. The van der Waals surface area contributed by atoms with E-state index in [1.807, 2.05) is 18.2 Å². The average Bonchev–Trinajstić information content (AvgIpc) is 2.85. The van der Waals surface area contributed by atoms with Gasteiger partial charge in [0.15, 0.2) is 0 Å². The number of halogens is 1. The van der Waals surface area contributed by atoms with Crippen molar-refractivity contribution >= 4 is 44.5 Å². The highest BCUT2D eigenvalue weighted by Gasteiger charge is 2.11. The van der Waals surface area contributed by atoms with Gasteiger partial charge in [-0.3, -0.25) is 0 Å². The van der Waals surface area contributed by atoms with Gasteiger partial charge in [-0.25, -0.2) is 0 Å². The fourth-order valence-corrected chi connectivity index (χ4v) is 3.21. The van der Waals surface area contributed by atoms with Gasteiger partial charge in [0, 0.05) is 14.3 Å². The van der Waals surface area contributed by atoms with E-state index < -0.39 is 0 Å². The maximum atomic E-state index is 5.94. The molecule has 0 saturated heterocycles. The van der Waals surface area contributed by atoms with Crippen molar-refractivity contribution in [3.8, 4) is 11.1 Å².